The lowest BCUT2D eigenvalue weighted by Crippen LogP contribution is -2.26. The highest BCUT2D eigenvalue weighted by molar-refractivity contribution is 7.89. The number of thiophene rings is 1. The minimum atomic E-state index is -3.83. The summed E-state index contributed by atoms with van der Waals surface area (Å²) >= 11 is 6.53. The summed E-state index contributed by atoms with van der Waals surface area (Å²) in [6.07, 6.45) is -0.298. The van der Waals surface area contributed by atoms with Gasteiger partial charge < -0.3 is 19.9 Å². The molecule has 1 heterocycles. The Morgan fingerprint density at radius 3 is 2.29 bits per heavy atom. The molecule has 0 radical (unpaired) electrons. The molecule has 1 aromatic carbocycles. The van der Waals surface area contributed by atoms with Crippen molar-refractivity contribution < 1.29 is 37.0 Å². The van der Waals surface area contributed by atoms with Crippen LogP contribution in [-0.2, 0) is 35.6 Å². The summed E-state index contributed by atoms with van der Waals surface area (Å²) in [5.41, 5.74) is 5.75. The fourth-order valence-corrected chi connectivity index (χ4v) is 4.55. The van der Waals surface area contributed by atoms with E-state index in [1.54, 1.807) is 0 Å². The monoisotopic (exact) mass is 490 g/mol. The Hall–Kier alpha value is -2.67. The molecular formula is C18H19ClN2O8S2. The van der Waals surface area contributed by atoms with Gasteiger partial charge >= 0.3 is 17.9 Å². The van der Waals surface area contributed by atoms with Crippen LogP contribution < -0.4 is 10.5 Å². The van der Waals surface area contributed by atoms with Gasteiger partial charge in [-0.25, -0.2) is 22.7 Å². The molecule has 2 rings (SSSR count). The number of rotatable bonds is 9. The molecule has 0 fully saturated rings. The highest BCUT2D eigenvalue weighted by Crippen LogP contribution is 2.33. The van der Waals surface area contributed by atoms with Crippen molar-refractivity contribution in [2.75, 3.05) is 26.5 Å². The zero-order chi connectivity index (χ0) is 23.2. The minimum absolute atomic E-state index is 0.00311. The molecule has 0 atom stereocenters. The third-order valence-electron chi connectivity index (χ3n) is 3.92. The van der Waals surface area contributed by atoms with E-state index in [1.165, 1.54) is 24.3 Å². The second kappa shape index (κ2) is 10.6. The van der Waals surface area contributed by atoms with E-state index in [-0.39, 0.29) is 38.9 Å². The minimum Gasteiger partial charge on any atom is -0.465 e. The van der Waals surface area contributed by atoms with E-state index in [4.69, 9.17) is 22.1 Å². The predicted molar refractivity (Wildman–Crippen MR) is 112 cm³/mol. The molecule has 0 aliphatic carbocycles. The van der Waals surface area contributed by atoms with Gasteiger partial charge in [0, 0.05) is 17.1 Å². The van der Waals surface area contributed by atoms with Crippen LogP contribution in [-0.4, -0.2) is 47.1 Å². The van der Waals surface area contributed by atoms with E-state index in [9.17, 15) is 22.8 Å². The van der Waals surface area contributed by atoms with Crippen LogP contribution in [0.2, 0.25) is 5.02 Å². The standard InChI is InChI=1S/C18H19ClN2O8S2/c1-27-17(23)14-12(15(18(24)28-2)30-16(14)20)9-29-13(22)7-8-21-31(25,26)11-5-3-10(19)4-6-11/h3-6,21H,7-9,20H2,1-2H3. The predicted octanol–water partition coefficient (Wildman–Crippen LogP) is 1.97. The average Bonchev–Trinajstić information content (AvgIpc) is 3.07. The maximum atomic E-state index is 12.2. The molecule has 0 aliphatic heterocycles. The highest BCUT2D eigenvalue weighted by atomic mass is 35.5. The van der Waals surface area contributed by atoms with E-state index >= 15 is 0 Å². The Morgan fingerprint density at radius 2 is 1.71 bits per heavy atom. The maximum Gasteiger partial charge on any atom is 0.348 e. The Bertz CT molecular complexity index is 1080. The number of hydrogen-bond acceptors (Lipinski definition) is 10. The summed E-state index contributed by atoms with van der Waals surface area (Å²) in [4.78, 5) is 36.0. The summed E-state index contributed by atoms with van der Waals surface area (Å²) in [5, 5.41) is 0.392. The number of nitrogen functional groups attached to an aromatic ring is 1. The van der Waals surface area contributed by atoms with Crippen LogP contribution in [0.4, 0.5) is 5.00 Å². The first-order valence-corrected chi connectivity index (χ1v) is 11.3. The third kappa shape index (κ3) is 6.17. The highest BCUT2D eigenvalue weighted by Gasteiger charge is 2.28. The molecule has 168 valence electrons. The second-order valence-corrected chi connectivity index (χ2v) is 9.15. The van der Waals surface area contributed by atoms with Gasteiger partial charge in [-0.3, -0.25) is 4.79 Å². The summed E-state index contributed by atoms with van der Waals surface area (Å²) < 4.78 is 41.1. The molecule has 0 saturated heterocycles. The van der Waals surface area contributed by atoms with E-state index in [0.717, 1.165) is 25.6 Å². The fourth-order valence-electron chi connectivity index (χ4n) is 2.42. The largest absolute Gasteiger partial charge is 0.465 e. The molecule has 0 amide bonds. The smallest absolute Gasteiger partial charge is 0.348 e. The van der Waals surface area contributed by atoms with Gasteiger partial charge in [0.15, 0.2) is 0 Å². The van der Waals surface area contributed by atoms with Gasteiger partial charge in [0.2, 0.25) is 10.0 Å². The maximum absolute atomic E-state index is 12.2. The molecule has 0 aliphatic rings. The van der Waals surface area contributed by atoms with Gasteiger partial charge in [-0.05, 0) is 24.3 Å². The number of hydrogen-bond donors (Lipinski definition) is 2. The summed E-state index contributed by atoms with van der Waals surface area (Å²) in [6, 6.07) is 5.50. The Labute approximate surface area is 187 Å². The number of sulfonamides is 1. The number of ether oxygens (including phenoxy) is 3. The SMILES string of the molecule is COC(=O)c1sc(N)c(C(=O)OC)c1COC(=O)CCNS(=O)(=O)c1ccc(Cl)cc1. The third-order valence-corrected chi connectivity index (χ3v) is 6.69. The number of carbonyl (C=O) groups is 3. The number of esters is 3. The first kappa shape index (κ1) is 24.6. The Kier molecular flexibility index (Phi) is 8.39. The number of benzene rings is 1. The van der Waals surface area contributed by atoms with E-state index in [1.807, 2.05) is 0 Å². The summed E-state index contributed by atoms with van der Waals surface area (Å²) in [6.45, 7) is -0.686. The van der Waals surface area contributed by atoms with Gasteiger partial charge in [-0.15, -0.1) is 11.3 Å². The number of methoxy groups -OCH3 is 2. The van der Waals surface area contributed by atoms with Crippen molar-refractivity contribution >= 4 is 55.9 Å². The molecule has 0 spiro atoms. The number of halogens is 1. The fraction of sp³-hybridized carbons (Fsp3) is 0.278. The second-order valence-electron chi connectivity index (χ2n) is 5.89. The first-order valence-electron chi connectivity index (χ1n) is 8.59. The van der Waals surface area contributed by atoms with Gasteiger partial charge in [0.25, 0.3) is 0 Å². The zero-order valence-corrected chi connectivity index (χ0v) is 18.9. The molecule has 3 N–H and O–H groups in total. The molecule has 1 aromatic heterocycles. The lowest BCUT2D eigenvalue weighted by molar-refractivity contribution is -0.144. The van der Waals surface area contributed by atoms with Gasteiger partial charge in [-0.1, -0.05) is 11.6 Å². The van der Waals surface area contributed by atoms with Crippen molar-refractivity contribution in [3.05, 3.63) is 45.3 Å². The van der Waals surface area contributed by atoms with Gasteiger partial charge in [0.1, 0.15) is 22.0 Å². The lowest BCUT2D eigenvalue weighted by atomic mass is 10.1. The van der Waals surface area contributed by atoms with Crippen molar-refractivity contribution in [3.8, 4) is 0 Å². The normalized spacial score (nSPS) is 11.1. The van der Waals surface area contributed by atoms with E-state index in [2.05, 4.69) is 14.2 Å². The van der Waals surface area contributed by atoms with E-state index < -0.39 is 34.5 Å². The van der Waals surface area contributed by atoms with Crippen LogP contribution in [0, 0.1) is 0 Å². The van der Waals surface area contributed by atoms with Crippen molar-refractivity contribution in [2.45, 2.75) is 17.9 Å². The number of anilines is 1. The van der Waals surface area contributed by atoms with Crippen molar-refractivity contribution in [2.24, 2.45) is 0 Å². The Balaban J connectivity index is 2.02. The summed E-state index contributed by atoms with van der Waals surface area (Å²) in [5.74, 6) is -2.32. The average molecular weight is 491 g/mol. The molecule has 2 aromatic rings. The van der Waals surface area contributed by atoms with Gasteiger partial charge in [-0.2, -0.15) is 0 Å². The molecule has 10 nitrogen and oxygen atoms in total. The van der Waals surface area contributed by atoms with Crippen LogP contribution in [0.1, 0.15) is 32.0 Å². The molecular weight excluding hydrogens is 472 g/mol. The van der Waals surface area contributed by atoms with Crippen molar-refractivity contribution in [1.29, 1.82) is 0 Å². The van der Waals surface area contributed by atoms with Crippen LogP contribution in [0.25, 0.3) is 0 Å². The molecule has 0 saturated carbocycles. The van der Waals surface area contributed by atoms with Crippen LogP contribution in [0.5, 0.6) is 0 Å². The van der Waals surface area contributed by atoms with Crippen molar-refractivity contribution in [1.82, 2.24) is 4.72 Å². The Morgan fingerprint density at radius 1 is 1.10 bits per heavy atom. The first-order chi connectivity index (χ1) is 14.6. The van der Waals surface area contributed by atoms with Gasteiger partial charge in [0.05, 0.1) is 25.5 Å². The zero-order valence-electron chi connectivity index (χ0n) is 16.5. The number of nitrogens with two attached hydrogens (primary N) is 1. The van der Waals surface area contributed by atoms with E-state index in [0.29, 0.717) is 5.02 Å². The quantitative estimate of drug-likeness (QED) is 0.397. The number of nitrogens with one attached hydrogen (secondary N) is 1. The summed E-state index contributed by atoms with van der Waals surface area (Å²) in [7, 11) is -1.54. The topological polar surface area (TPSA) is 151 Å². The van der Waals surface area contributed by atoms with Crippen LogP contribution in [0.15, 0.2) is 29.2 Å². The van der Waals surface area contributed by atoms with Crippen molar-refractivity contribution in [3.63, 3.8) is 0 Å². The molecule has 0 bridgehead atoms. The molecule has 31 heavy (non-hydrogen) atoms. The lowest BCUT2D eigenvalue weighted by Gasteiger charge is -2.09. The molecule has 13 heteroatoms. The van der Waals surface area contributed by atoms with Crippen LogP contribution in [0.3, 0.4) is 0 Å². The number of carbonyl (C=O) groups excluding carboxylic acids is 3. The molecule has 0 unspecified atom stereocenters. The van der Waals surface area contributed by atoms with Crippen LogP contribution >= 0.6 is 22.9 Å².